The molecule has 0 saturated carbocycles. The molecular formula is C17H18N4OS. The number of thiophene rings is 1. The Kier molecular flexibility index (Phi) is 4.83. The van der Waals surface area contributed by atoms with Crippen LogP contribution >= 0.6 is 11.3 Å². The van der Waals surface area contributed by atoms with Crippen LogP contribution in [0.4, 0.5) is 0 Å². The van der Waals surface area contributed by atoms with Gasteiger partial charge in [-0.15, -0.1) is 11.3 Å². The number of aromatic nitrogens is 3. The fourth-order valence-electron chi connectivity index (χ4n) is 2.45. The lowest BCUT2D eigenvalue weighted by molar-refractivity contribution is 0.0937. The average Bonchev–Trinajstić information content (AvgIpc) is 3.23. The minimum Gasteiger partial charge on any atom is -0.344 e. The molecule has 1 aromatic carbocycles. The molecule has 23 heavy (non-hydrogen) atoms. The molecule has 2 heterocycles. The number of aryl methyl sites for hydroxylation is 2. The molecule has 0 unspecified atom stereocenters. The molecule has 5 nitrogen and oxygen atoms in total. The zero-order chi connectivity index (χ0) is 16.1. The van der Waals surface area contributed by atoms with Crippen LogP contribution in [0.1, 0.15) is 33.3 Å². The number of amides is 1. The van der Waals surface area contributed by atoms with Gasteiger partial charge >= 0.3 is 0 Å². The maximum Gasteiger partial charge on any atom is 0.262 e. The maximum atomic E-state index is 12.5. The Balaban J connectivity index is 1.75. The van der Waals surface area contributed by atoms with E-state index in [0.29, 0.717) is 6.54 Å². The third-order valence-corrected chi connectivity index (χ3v) is 4.70. The lowest BCUT2D eigenvalue weighted by Gasteiger charge is -2.19. The first kappa shape index (κ1) is 15.4. The second-order valence-electron chi connectivity index (χ2n) is 5.32. The zero-order valence-corrected chi connectivity index (χ0v) is 13.7. The maximum absolute atomic E-state index is 12.5. The van der Waals surface area contributed by atoms with Gasteiger partial charge in [0.1, 0.15) is 12.7 Å². The van der Waals surface area contributed by atoms with Crippen LogP contribution in [0.25, 0.3) is 0 Å². The smallest absolute Gasteiger partial charge is 0.262 e. The van der Waals surface area contributed by atoms with E-state index in [1.54, 1.807) is 11.0 Å². The number of carbonyl (C=O) groups is 1. The third-order valence-electron chi connectivity index (χ3n) is 3.69. The largest absolute Gasteiger partial charge is 0.344 e. The Morgan fingerprint density at radius 1 is 1.30 bits per heavy atom. The van der Waals surface area contributed by atoms with E-state index < -0.39 is 0 Å². The molecule has 1 atom stereocenters. The number of hydrogen-bond acceptors (Lipinski definition) is 4. The molecule has 1 N–H and O–H groups in total. The molecule has 6 heteroatoms. The molecule has 0 radical (unpaired) electrons. The van der Waals surface area contributed by atoms with E-state index in [2.05, 4.69) is 15.4 Å². The molecule has 0 fully saturated rings. The summed E-state index contributed by atoms with van der Waals surface area (Å²) >= 11 is 1.47. The molecule has 3 aromatic rings. The summed E-state index contributed by atoms with van der Waals surface area (Å²) < 4.78 is 1.78. The Hall–Kier alpha value is -2.47. The predicted molar refractivity (Wildman–Crippen MR) is 90.3 cm³/mol. The SMILES string of the molecule is Cc1ccsc1C(=O)N[C@@H](CCn1cncn1)c1ccccc1. The third kappa shape index (κ3) is 3.84. The summed E-state index contributed by atoms with van der Waals surface area (Å²) in [7, 11) is 0. The van der Waals surface area contributed by atoms with Gasteiger partial charge in [0.2, 0.25) is 0 Å². The van der Waals surface area contributed by atoms with Crippen LogP contribution in [-0.2, 0) is 6.54 Å². The highest BCUT2D eigenvalue weighted by molar-refractivity contribution is 7.12. The van der Waals surface area contributed by atoms with E-state index >= 15 is 0 Å². The van der Waals surface area contributed by atoms with Gasteiger partial charge in [-0.25, -0.2) is 4.98 Å². The van der Waals surface area contributed by atoms with E-state index in [-0.39, 0.29) is 11.9 Å². The summed E-state index contributed by atoms with van der Waals surface area (Å²) in [5.41, 5.74) is 2.10. The minimum absolute atomic E-state index is 0.0232. The van der Waals surface area contributed by atoms with Crippen molar-refractivity contribution in [2.24, 2.45) is 0 Å². The van der Waals surface area contributed by atoms with Crippen LogP contribution in [0, 0.1) is 6.92 Å². The monoisotopic (exact) mass is 326 g/mol. The topological polar surface area (TPSA) is 59.8 Å². The van der Waals surface area contributed by atoms with Gasteiger partial charge in [0.15, 0.2) is 0 Å². The number of hydrogen-bond donors (Lipinski definition) is 1. The van der Waals surface area contributed by atoms with Gasteiger partial charge in [-0.1, -0.05) is 30.3 Å². The van der Waals surface area contributed by atoms with Gasteiger partial charge in [-0.2, -0.15) is 5.10 Å². The molecule has 2 aromatic heterocycles. The first-order chi connectivity index (χ1) is 11.2. The van der Waals surface area contributed by atoms with E-state index in [9.17, 15) is 4.79 Å². The van der Waals surface area contributed by atoms with Gasteiger partial charge in [0.25, 0.3) is 5.91 Å². The number of nitrogens with zero attached hydrogens (tertiary/aromatic N) is 3. The van der Waals surface area contributed by atoms with Crippen LogP contribution in [0.2, 0.25) is 0 Å². The molecule has 118 valence electrons. The molecular weight excluding hydrogens is 308 g/mol. The number of rotatable bonds is 6. The quantitative estimate of drug-likeness (QED) is 0.756. The molecule has 0 aliphatic heterocycles. The highest BCUT2D eigenvalue weighted by atomic mass is 32.1. The van der Waals surface area contributed by atoms with Crippen molar-refractivity contribution in [3.63, 3.8) is 0 Å². The fourth-order valence-corrected chi connectivity index (χ4v) is 3.27. The molecule has 0 aliphatic rings. The number of carbonyl (C=O) groups excluding carboxylic acids is 1. The van der Waals surface area contributed by atoms with Crippen molar-refractivity contribution >= 4 is 17.2 Å². The predicted octanol–water partition coefficient (Wildman–Crippen LogP) is 3.21. The normalized spacial score (nSPS) is 12.0. The van der Waals surface area contributed by atoms with Crippen molar-refractivity contribution in [1.29, 1.82) is 0 Å². The number of nitrogens with one attached hydrogen (secondary N) is 1. The van der Waals surface area contributed by atoms with Crippen LogP contribution in [-0.4, -0.2) is 20.7 Å². The first-order valence-electron chi connectivity index (χ1n) is 7.46. The van der Waals surface area contributed by atoms with Crippen molar-refractivity contribution in [3.8, 4) is 0 Å². The molecule has 0 saturated heterocycles. The summed E-state index contributed by atoms with van der Waals surface area (Å²) in [4.78, 5) is 17.3. The van der Waals surface area contributed by atoms with E-state index in [4.69, 9.17) is 0 Å². The minimum atomic E-state index is -0.0607. The van der Waals surface area contributed by atoms with Crippen LogP contribution in [0.15, 0.2) is 54.4 Å². The fraction of sp³-hybridized carbons (Fsp3) is 0.235. The van der Waals surface area contributed by atoms with Crippen molar-refractivity contribution in [2.45, 2.75) is 25.9 Å². The summed E-state index contributed by atoms with van der Waals surface area (Å²) in [6.07, 6.45) is 3.96. The molecule has 0 bridgehead atoms. The molecule has 0 spiro atoms. The van der Waals surface area contributed by atoms with Crippen LogP contribution < -0.4 is 5.32 Å². The highest BCUT2D eigenvalue weighted by Crippen LogP contribution is 2.21. The van der Waals surface area contributed by atoms with Crippen molar-refractivity contribution in [2.75, 3.05) is 0 Å². The Morgan fingerprint density at radius 3 is 2.78 bits per heavy atom. The van der Waals surface area contributed by atoms with E-state index in [1.165, 1.54) is 17.7 Å². The Morgan fingerprint density at radius 2 is 2.13 bits per heavy atom. The van der Waals surface area contributed by atoms with Gasteiger partial charge in [-0.05, 0) is 35.9 Å². The lowest BCUT2D eigenvalue weighted by atomic mass is 10.0. The summed E-state index contributed by atoms with van der Waals surface area (Å²) in [6.45, 7) is 2.65. The second kappa shape index (κ2) is 7.19. The zero-order valence-electron chi connectivity index (χ0n) is 12.8. The van der Waals surface area contributed by atoms with Crippen LogP contribution in [0.5, 0.6) is 0 Å². The summed E-state index contributed by atoms with van der Waals surface area (Å²) in [5.74, 6) is -0.0232. The second-order valence-corrected chi connectivity index (χ2v) is 6.23. The molecule has 1 amide bonds. The van der Waals surface area contributed by atoms with Crippen molar-refractivity contribution in [3.05, 3.63) is 70.4 Å². The van der Waals surface area contributed by atoms with Crippen molar-refractivity contribution < 1.29 is 4.79 Å². The van der Waals surface area contributed by atoms with E-state index in [1.807, 2.05) is 48.7 Å². The molecule has 3 rings (SSSR count). The van der Waals surface area contributed by atoms with Crippen molar-refractivity contribution in [1.82, 2.24) is 20.1 Å². The first-order valence-corrected chi connectivity index (χ1v) is 8.34. The van der Waals surface area contributed by atoms with Gasteiger partial charge < -0.3 is 5.32 Å². The summed E-state index contributed by atoms with van der Waals surface area (Å²) in [5, 5.41) is 9.21. The average molecular weight is 326 g/mol. The Labute approximate surface area is 139 Å². The van der Waals surface area contributed by atoms with Gasteiger partial charge in [-0.3, -0.25) is 9.48 Å². The summed E-state index contributed by atoms with van der Waals surface area (Å²) in [6, 6.07) is 11.9. The van der Waals surface area contributed by atoms with E-state index in [0.717, 1.165) is 22.4 Å². The van der Waals surface area contributed by atoms with Gasteiger partial charge in [0.05, 0.1) is 10.9 Å². The lowest BCUT2D eigenvalue weighted by Crippen LogP contribution is -2.29. The standard InChI is InChI=1S/C17H18N4OS/c1-13-8-10-23-16(13)17(22)20-15(14-5-3-2-4-6-14)7-9-21-12-18-11-19-21/h2-6,8,10-12,15H,7,9H2,1H3,(H,20,22)/t15-/m0/s1. The molecule has 0 aliphatic carbocycles. The van der Waals surface area contributed by atoms with Gasteiger partial charge in [0, 0.05) is 6.54 Å². The highest BCUT2D eigenvalue weighted by Gasteiger charge is 2.18. The van der Waals surface area contributed by atoms with Crippen LogP contribution in [0.3, 0.4) is 0 Å². The number of benzene rings is 1. The Bertz CT molecular complexity index is 752.